The standard InChI is InChI=1S/C22H33N5O3/c1-4-23-22(25-15-20-17(2)18-7-5-6-8-19(18)30-20)27-12-10-26(11-13-27)16-21(28)24-9-14-29-3/h5-8H,4,9-16H2,1-3H3,(H,23,25)(H,24,28). The third kappa shape index (κ3) is 5.73. The first-order valence-electron chi connectivity index (χ1n) is 10.6. The van der Waals surface area contributed by atoms with Crippen LogP contribution in [0.1, 0.15) is 18.2 Å². The van der Waals surface area contributed by atoms with Crippen LogP contribution in [0.15, 0.2) is 33.7 Å². The van der Waals surface area contributed by atoms with Gasteiger partial charge in [0.15, 0.2) is 5.96 Å². The number of ether oxygens (including phenoxy) is 1. The smallest absolute Gasteiger partial charge is 0.234 e. The number of hydrogen-bond acceptors (Lipinski definition) is 5. The number of carbonyl (C=O) groups excluding carboxylic acids is 1. The molecule has 1 aromatic carbocycles. The molecule has 30 heavy (non-hydrogen) atoms. The molecule has 0 unspecified atom stereocenters. The number of rotatable bonds is 8. The van der Waals surface area contributed by atoms with Gasteiger partial charge in [-0.2, -0.15) is 0 Å². The lowest BCUT2D eigenvalue weighted by atomic mass is 10.1. The van der Waals surface area contributed by atoms with Gasteiger partial charge in [-0.05, 0) is 19.9 Å². The number of amides is 1. The number of aryl methyl sites for hydroxylation is 1. The Hall–Kier alpha value is -2.58. The Bertz CT molecular complexity index is 856. The minimum absolute atomic E-state index is 0.0430. The van der Waals surface area contributed by atoms with Crippen LogP contribution >= 0.6 is 0 Å². The van der Waals surface area contributed by atoms with Crippen molar-refractivity contribution in [3.05, 3.63) is 35.6 Å². The van der Waals surface area contributed by atoms with Crippen LogP contribution in [0, 0.1) is 6.92 Å². The van der Waals surface area contributed by atoms with Crippen molar-refractivity contribution in [2.75, 3.05) is 59.5 Å². The van der Waals surface area contributed by atoms with Gasteiger partial charge in [0.1, 0.15) is 17.9 Å². The summed E-state index contributed by atoms with van der Waals surface area (Å²) in [5, 5.41) is 7.41. The molecule has 1 saturated heterocycles. The highest BCUT2D eigenvalue weighted by Gasteiger charge is 2.21. The lowest BCUT2D eigenvalue weighted by Crippen LogP contribution is -2.54. The first-order chi connectivity index (χ1) is 14.6. The third-order valence-electron chi connectivity index (χ3n) is 5.32. The number of methoxy groups -OCH3 is 1. The highest BCUT2D eigenvalue weighted by molar-refractivity contribution is 5.83. The molecular weight excluding hydrogens is 382 g/mol. The molecule has 0 saturated carbocycles. The highest BCUT2D eigenvalue weighted by Crippen LogP contribution is 2.25. The number of furan rings is 1. The van der Waals surface area contributed by atoms with Crippen LogP contribution in [-0.2, 0) is 16.1 Å². The van der Waals surface area contributed by atoms with Gasteiger partial charge in [0.25, 0.3) is 0 Å². The summed E-state index contributed by atoms with van der Waals surface area (Å²) in [6, 6.07) is 8.08. The van der Waals surface area contributed by atoms with Crippen LogP contribution in [0.2, 0.25) is 0 Å². The number of para-hydroxylation sites is 1. The molecule has 2 aromatic rings. The van der Waals surface area contributed by atoms with E-state index in [4.69, 9.17) is 14.1 Å². The maximum atomic E-state index is 12.0. The Kier molecular flexibility index (Phi) is 8.10. The van der Waals surface area contributed by atoms with Crippen LogP contribution in [-0.4, -0.2) is 81.2 Å². The maximum Gasteiger partial charge on any atom is 0.234 e. The summed E-state index contributed by atoms with van der Waals surface area (Å²) in [5.41, 5.74) is 2.05. The molecule has 1 fully saturated rings. The molecule has 0 aliphatic carbocycles. The predicted molar refractivity (Wildman–Crippen MR) is 119 cm³/mol. The second-order valence-corrected chi connectivity index (χ2v) is 7.42. The van der Waals surface area contributed by atoms with Crippen molar-refractivity contribution in [2.24, 2.45) is 4.99 Å². The summed E-state index contributed by atoms with van der Waals surface area (Å²) in [7, 11) is 1.63. The van der Waals surface area contributed by atoms with Gasteiger partial charge in [-0.15, -0.1) is 0 Å². The molecule has 0 spiro atoms. The molecule has 0 atom stereocenters. The third-order valence-corrected chi connectivity index (χ3v) is 5.32. The van der Waals surface area contributed by atoms with Gasteiger partial charge in [0.2, 0.25) is 5.91 Å². The van der Waals surface area contributed by atoms with E-state index in [9.17, 15) is 4.79 Å². The van der Waals surface area contributed by atoms with E-state index in [0.29, 0.717) is 26.2 Å². The Morgan fingerprint density at radius 3 is 2.67 bits per heavy atom. The van der Waals surface area contributed by atoms with Crippen LogP contribution in [0.5, 0.6) is 0 Å². The monoisotopic (exact) mass is 415 g/mol. The summed E-state index contributed by atoms with van der Waals surface area (Å²) >= 11 is 0. The molecule has 1 aliphatic rings. The summed E-state index contributed by atoms with van der Waals surface area (Å²) < 4.78 is 11.0. The zero-order valence-corrected chi connectivity index (χ0v) is 18.2. The number of nitrogens with one attached hydrogen (secondary N) is 2. The quantitative estimate of drug-likeness (QED) is 0.387. The second-order valence-electron chi connectivity index (χ2n) is 7.42. The van der Waals surface area contributed by atoms with Gasteiger partial charge in [-0.25, -0.2) is 4.99 Å². The molecule has 8 nitrogen and oxygen atoms in total. The Balaban J connectivity index is 1.56. The first kappa shape index (κ1) is 22.1. The number of nitrogens with zero attached hydrogens (tertiary/aromatic N) is 3. The lowest BCUT2D eigenvalue weighted by molar-refractivity contribution is -0.122. The fraction of sp³-hybridized carbons (Fsp3) is 0.545. The average molecular weight is 416 g/mol. The fourth-order valence-electron chi connectivity index (χ4n) is 3.62. The molecule has 1 aromatic heterocycles. The van der Waals surface area contributed by atoms with E-state index in [1.54, 1.807) is 7.11 Å². The molecule has 3 rings (SSSR count). The fourth-order valence-corrected chi connectivity index (χ4v) is 3.62. The number of hydrogen-bond donors (Lipinski definition) is 2. The SMILES string of the molecule is CCNC(=NCc1oc2ccccc2c1C)N1CCN(CC(=O)NCCOC)CC1. The Morgan fingerprint density at radius 1 is 1.20 bits per heavy atom. The van der Waals surface area contributed by atoms with Crippen LogP contribution in [0.3, 0.4) is 0 Å². The summed E-state index contributed by atoms with van der Waals surface area (Å²) in [4.78, 5) is 21.2. The topological polar surface area (TPSA) is 82.3 Å². The van der Waals surface area contributed by atoms with Crippen molar-refractivity contribution < 1.29 is 13.9 Å². The van der Waals surface area contributed by atoms with Crippen molar-refractivity contribution >= 4 is 22.8 Å². The molecule has 1 amide bonds. The molecule has 0 bridgehead atoms. The van der Waals surface area contributed by atoms with Crippen molar-refractivity contribution in [3.63, 3.8) is 0 Å². The molecule has 2 heterocycles. The van der Waals surface area contributed by atoms with E-state index in [1.807, 2.05) is 18.2 Å². The van der Waals surface area contributed by atoms with Gasteiger partial charge in [-0.1, -0.05) is 18.2 Å². The number of benzene rings is 1. The van der Waals surface area contributed by atoms with Crippen molar-refractivity contribution in [1.29, 1.82) is 0 Å². The number of guanidine groups is 1. The van der Waals surface area contributed by atoms with E-state index in [-0.39, 0.29) is 5.91 Å². The first-order valence-corrected chi connectivity index (χ1v) is 10.6. The zero-order valence-electron chi connectivity index (χ0n) is 18.2. The predicted octanol–water partition coefficient (Wildman–Crippen LogP) is 1.59. The molecule has 0 radical (unpaired) electrons. The molecule has 2 N–H and O–H groups in total. The van der Waals surface area contributed by atoms with Gasteiger partial charge in [-0.3, -0.25) is 9.69 Å². The summed E-state index contributed by atoms with van der Waals surface area (Å²) in [6.45, 7) is 10.3. The number of fused-ring (bicyclic) bond motifs is 1. The van der Waals surface area contributed by atoms with E-state index >= 15 is 0 Å². The molecule has 8 heteroatoms. The van der Waals surface area contributed by atoms with E-state index in [0.717, 1.165) is 61.0 Å². The second kappa shape index (κ2) is 11.0. The van der Waals surface area contributed by atoms with Crippen molar-refractivity contribution in [3.8, 4) is 0 Å². The largest absolute Gasteiger partial charge is 0.459 e. The minimum atomic E-state index is 0.0430. The van der Waals surface area contributed by atoms with Crippen LogP contribution in [0.25, 0.3) is 11.0 Å². The highest BCUT2D eigenvalue weighted by atomic mass is 16.5. The number of carbonyl (C=O) groups is 1. The van der Waals surface area contributed by atoms with Crippen molar-refractivity contribution in [1.82, 2.24) is 20.4 Å². The maximum absolute atomic E-state index is 12.0. The molecule has 1 aliphatic heterocycles. The van der Waals surface area contributed by atoms with Gasteiger partial charge >= 0.3 is 0 Å². The Morgan fingerprint density at radius 2 is 1.97 bits per heavy atom. The van der Waals surface area contributed by atoms with E-state index in [1.165, 1.54) is 0 Å². The van der Waals surface area contributed by atoms with E-state index < -0.39 is 0 Å². The van der Waals surface area contributed by atoms with E-state index in [2.05, 4.69) is 40.3 Å². The number of piperazine rings is 1. The summed E-state index contributed by atoms with van der Waals surface area (Å²) in [5.74, 6) is 1.83. The van der Waals surface area contributed by atoms with Gasteiger partial charge < -0.3 is 24.7 Å². The molecule has 164 valence electrons. The van der Waals surface area contributed by atoms with Gasteiger partial charge in [0.05, 0.1) is 13.2 Å². The van der Waals surface area contributed by atoms with Crippen LogP contribution < -0.4 is 10.6 Å². The number of aliphatic imine (C=N–C) groups is 1. The summed E-state index contributed by atoms with van der Waals surface area (Å²) in [6.07, 6.45) is 0. The molecular formula is C22H33N5O3. The average Bonchev–Trinajstić information content (AvgIpc) is 3.08. The minimum Gasteiger partial charge on any atom is -0.459 e. The van der Waals surface area contributed by atoms with Crippen LogP contribution in [0.4, 0.5) is 0 Å². The van der Waals surface area contributed by atoms with Gasteiger partial charge in [0, 0.05) is 57.3 Å². The Labute approximate surface area is 178 Å². The van der Waals surface area contributed by atoms with Crippen molar-refractivity contribution in [2.45, 2.75) is 20.4 Å². The normalized spacial score (nSPS) is 15.6. The zero-order chi connectivity index (χ0) is 21.3. The lowest BCUT2D eigenvalue weighted by Gasteiger charge is -2.36.